The zero-order chi connectivity index (χ0) is 18.4. The highest BCUT2D eigenvalue weighted by molar-refractivity contribution is 5.89. The molecule has 1 aromatic carbocycles. The first-order valence-electron chi connectivity index (χ1n) is 9.03. The van der Waals surface area contributed by atoms with E-state index in [1.807, 2.05) is 6.92 Å². The second kappa shape index (κ2) is 8.37. The first-order valence-corrected chi connectivity index (χ1v) is 9.03. The second-order valence-corrected chi connectivity index (χ2v) is 7.59. The summed E-state index contributed by atoms with van der Waals surface area (Å²) in [7, 11) is 1.60. The lowest BCUT2D eigenvalue weighted by Gasteiger charge is -2.34. The van der Waals surface area contributed by atoms with E-state index in [9.17, 15) is 4.79 Å². The monoisotopic (exact) mass is 342 g/mol. The first kappa shape index (κ1) is 19.3. The summed E-state index contributed by atoms with van der Waals surface area (Å²) >= 11 is 0. The summed E-state index contributed by atoms with van der Waals surface area (Å²) in [4.78, 5) is 12.1. The Morgan fingerprint density at radius 2 is 1.92 bits per heavy atom. The van der Waals surface area contributed by atoms with Crippen LogP contribution < -0.4 is 4.74 Å². The Balaban J connectivity index is 1.92. The Kier molecular flexibility index (Phi) is 6.46. The van der Waals surface area contributed by atoms with Crippen LogP contribution >= 0.6 is 0 Å². The van der Waals surface area contributed by atoms with E-state index in [0.717, 1.165) is 24.2 Å². The zero-order valence-electron chi connectivity index (χ0n) is 16.1. The third kappa shape index (κ3) is 5.22. The molecule has 0 aromatic heterocycles. The smallest absolute Gasteiger partial charge is 0.342 e. The molecule has 0 saturated carbocycles. The van der Waals surface area contributed by atoms with Crippen molar-refractivity contribution >= 4 is 5.97 Å². The maximum absolute atomic E-state index is 12.1. The van der Waals surface area contributed by atoms with Gasteiger partial charge in [-0.05, 0) is 81.2 Å². The van der Waals surface area contributed by atoms with E-state index in [1.54, 1.807) is 48.8 Å². The highest BCUT2D eigenvalue weighted by Crippen LogP contribution is 2.42. The lowest BCUT2D eigenvalue weighted by atomic mass is 9.71. The Morgan fingerprint density at radius 1 is 1.24 bits per heavy atom. The normalized spacial score (nSPS) is 17.4. The summed E-state index contributed by atoms with van der Waals surface area (Å²) in [6.07, 6.45) is 7.32. The standard InChI is InChI=1S/C22H30O3/c1-16(8-13-20-17(2)7-6-14-22(20,3)4)15-25-21(23)18-9-11-19(24-5)12-10-18/h9-12,15H,6-8,13-14H2,1-5H3/b16-15+. The quantitative estimate of drug-likeness (QED) is 0.358. The number of allylic oxidation sites excluding steroid dienone is 3. The zero-order valence-corrected chi connectivity index (χ0v) is 16.1. The van der Waals surface area contributed by atoms with Gasteiger partial charge >= 0.3 is 5.97 Å². The molecule has 0 N–H and O–H groups in total. The summed E-state index contributed by atoms with van der Waals surface area (Å²) in [5, 5.41) is 0. The molecule has 2 rings (SSSR count). The minimum absolute atomic E-state index is 0.294. The van der Waals surface area contributed by atoms with Gasteiger partial charge in [0.05, 0.1) is 18.9 Å². The van der Waals surface area contributed by atoms with E-state index < -0.39 is 0 Å². The third-order valence-electron chi connectivity index (χ3n) is 5.15. The van der Waals surface area contributed by atoms with Gasteiger partial charge in [-0.15, -0.1) is 0 Å². The van der Waals surface area contributed by atoms with Crippen LogP contribution in [0, 0.1) is 5.41 Å². The number of hydrogen-bond acceptors (Lipinski definition) is 3. The molecule has 1 aliphatic carbocycles. The van der Waals surface area contributed by atoms with E-state index in [1.165, 1.54) is 19.3 Å². The minimum atomic E-state index is -0.338. The van der Waals surface area contributed by atoms with Crippen LogP contribution in [-0.4, -0.2) is 13.1 Å². The average Bonchev–Trinajstić information content (AvgIpc) is 2.58. The molecular formula is C22H30O3. The van der Waals surface area contributed by atoms with E-state index in [2.05, 4.69) is 20.8 Å². The highest BCUT2D eigenvalue weighted by Gasteiger charge is 2.27. The molecule has 0 unspecified atom stereocenters. The Hall–Kier alpha value is -2.03. The van der Waals surface area contributed by atoms with Gasteiger partial charge in [0.15, 0.2) is 0 Å². The number of hydrogen-bond donors (Lipinski definition) is 0. The molecule has 0 spiro atoms. The third-order valence-corrected chi connectivity index (χ3v) is 5.15. The summed E-state index contributed by atoms with van der Waals surface area (Å²) in [6, 6.07) is 6.94. The van der Waals surface area contributed by atoms with Gasteiger partial charge in [0.25, 0.3) is 0 Å². The molecule has 1 aliphatic rings. The molecule has 3 nitrogen and oxygen atoms in total. The lowest BCUT2D eigenvalue weighted by molar-refractivity contribution is 0.0660. The van der Waals surface area contributed by atoms with Gasteiger partial charge < -0.3 is 9.47 Å². The van der Waals surface area contributed by atoms with Crippen molar-refractivity contribution in [1.82, 2.24) is 0 Å². The van der Waals surface area contributed by atoms with E-state index >= 15 is 0 Å². The number of esters is 1. The van der Waals surface area contributed by atoms with E-state index in [-0.39, 0.29) is 5.97 Å². The van der Waals surface area contributed by atoms with Crippen molar-refractivity contribution < 1.29 is 14.3 Å². The Morgan fingerprint density at radius 3 is 2.52 bits per heavy atom. The highest BCUT2D eigenvalue weighted by atomic mass is 16.5. The predicted octanol–water partition coefficient (Wildman–Crippen LogP) is 6.06. The molecule has 0 aliphatic heterocycles. The van der Waals surface area contributed by atoms with Gasteiger partial charge in [-0.25, -0.2) is 4.79 Å². The summed E-state index contributed by atoms with van der Waals surface area (Å²) < 4.78 is 10.4. The molecular weight excluding hydrogens is 312 g/mol. The van der Waals surface area contributed by atoms with Crippen molar-refractivity contribution in [3.05, 3.63) is 52.8 Å². The Labute approximate surface area is 151 Å². The molecule has 136 valence electrons. The summed E-state index contributed by atoms with van der Waals surface area (Å²) in [5.41, 5.74) is 5.02. The second-order valence-electron chi connectivity index (χ2n) is 7.59. The van der Waals surface area contributed by atoms with Crippen LogP contribution in [0.15, 0.2) is 47.2 Å². The van der Waals surface area contributed by atoms with Crippen molar-refractivity contribution in [2.45, 2.75) is 59.8 Å². The van der Waals surface area contributed by atoms with Crippen LogP contribution in [-0.2, 0) is 4.74 Å². The van der Waals surface area contributed by atoms with Crippen molar-refractivity contribution in [2.24, 2.45) is 5.41 Å². The van der Waals surface area contributed by atoms with Gasteiger partial charge in [0.1, 0.15) is 5.75 Å². The first-order chi connectivity index (χ1) is 11.8. The molecule has 3 heteroatoms. The largest absolute Gasteiger partial charge is 0.497 e. The fourth-order valence-corrected chi connectivity index (χ4v) is 3.56. The number of carbonyl (C=O) groups is 1. The summed E-state index contributed by atoms with van der Waals surface area (Å²) in [5.74, 6) is 0.386. The molecule has 25 heavy (non-hydrogen) atoms. The van der Waals surface area contributed by atoms with Gasteiger partial charge in [-0.2, -0.15) is 0 Å². The molecule has 0 saturated heterocycles. The SMILES string of the molecule is COc1ccc(C(=O)O/C=C(\C)CCC2=C(C)CCCC2(C)C)cc1. The molecule has 0 radical (unpaired) electrons. The van der Waals surface area contributed by atoms with Crippen molar-refractivity contribution in [2.75, 3.05) is 7.11 Å². The van der Waals surface area contributed by atoms with Crippen LogP contribution in [0.2, 0.25) is 0 Å². The maximum atomic E-state index is 12.1. The van der Waals surface area contributed by atoms with Crippen molar-refractivity contribution in [3.8, 4) is 5.75 Å². The van der Waals surface area contributed by atoms with Crippen molar-refractivity contribution in [3.63, 3.8) is 0 Å². The van der Waals surface area contributed by atoms with E-state index in [4.69, 9.17) is 9.47 Å². The van der Waals surface area contributed by atoms with Crippen LogP contribution in [0.4, 0.5) is 0 Å². The average molecular weight is 342 g/mol. The van der Waals surface area contributed by atoms with E-state index in [0.29, 0.717) is 11.0 Å². The minimum Gasteiger partial charge on any atom is -0.497 e. The number of ether oxygens (including phenoxy) is 2. The number of methoxy groups -OCH3 is 1. The number of rotatable bonds is 6. The Bertz CT molecular complexity index is 663. The molecule has 0 atom stereocenters. The van der Waals surface area contributed by atoms with Crippen LogP contribution in [0.5, 0.6) is 5.75 Å². The predicted molar refractivity (Wildman–Crippen MR) is 102 cm³/mol. The van der Waals surface area contributed by atoms with Gasteiger partial charge in [-0.1, -0.05) is 25.0 Å². The number of benzene rings is 1. The lowest BCUT2D eigenvalue weighted by Crippen LogP contribution is -2.20. The summed E-state index contributed by atoms with van der Waals surface area (Å²) in [6.45, 7) is 8.97. The topological polar surface area (TPSA) is 35.5 Å². The van der Waals surface area contributed by atoms with Crippen LogP contribution in [0.3, 0.4) is 0 Å². The van der Waals surface area contributed by atoms with Crippen LogP contribution in [0.1, 0.15) is 70.2 Å². The number of carbonyl (C=O) groups excluding carboxylic acids is 1. The molecule has 0 fully saturated rings. The molecule has 1 aromatic rings. The maximum Gasteiger partial charge on any atom is 0.342 e. The van der Waals surface area contributed by atoms with Crippen LogP contribution in [0.25, 0.3) is 0 Å². The fourth-order valence-electron chi connectivity index (χ4n) is 3.56. The molecule has 0 heterocycles. The van der Waals surface area contributed by atoms with Gasteiger partial charge in [-0.3, -0.25) is 0 Å². The fraction of sp³-hybridized carbons (Fsp3) is 0.500. The molecule has 0 amide bonds. The van der Waals surface area contributed by atoms with Gasteiger partial charge in [0.2, 0.25) is 0 Å². The molecule has 0 bridgehead atoms. The van der Waals surface area contributed by atoms with Crippen molar-refractivity contribution in [1.29, 1.82) is 0 Å². The van der Waals surface area contributed by atoms with Gasteiger partial charge in [0, 0.05) is 0 Å².